The number of halogens is 1. The molecule has 0 aliphatic carbocycles. The highest BCUT2D eigenvalue weighted by molar-refractivity contribution is 7.89. The third-order valence-corrected chi connectivity index (χ3v) is 5.38. The molecule has 0 radical (unpaired) electrons. The zero-order valence-electron chi connectivity index (χ0n) is 14.9. The molecule has 1 aromatic rings. The molecule has 0 heterocycles. The van der Waals surface area contributed by atoms with E-state index in [4.69, 9.17) is 0 Å². The lowest BCUT2D eigenvalue weighted by Gasteiger charge is -2.14. The van der Waals surface area contributed by atoms with Crippen molar-refractivity contribution in [2.75, 3.05) is 20.1 Å². The largest absolute Gasteiger partial charge is 0.355 e. The highest BCUT2D eigenvalue weighted by Crippen LogP contribution is 2.21. The van der Waals surface area contributed by atoms with Crippen LogP contribution in [0.5, 0.6) is 0 Å². The van der Waals surface area contributed by atoms with Crippen LogP contribution in [0.1, 0.15) is 30.0 Å². The Morgan fingerprint density at radius 2 is 1.71 bits per heavy atom. The summed E-state index contributed by atoms with van der Waals surface area (Å²) < 4.78 is 27.4. The second kappa shape index (κ2) is 9.98. The molecule has 1 amide bonds. The Labute approximate surface area is 151 Å². The SMILES string of the molecule is CNC(C)CNC(=O)CCNS(=O)(=O)c1c(C)cc(C)cc1C.Cl. The van der Waals surface area contributed by atoms with Crippen LogP contribution in [0.2, 0.25) is 0 Å². The first-order valence-corrected chi connectivity index (χ1v) is 9.17. The smallest absolute Gasteiger partial charge is 0.241 e. The predicted octanol–water partition coefficient (Wildman–Crippen LogP) is 1.43. The number of rotatable bonds is 8. The van der Waals surface area contributed by atoms with Gasteiger partial charge < -0.3 is 10.6 Å². The quantitative estimate of drug-likeness (QED) is 0.639. The van der Waals surface area contributed by atoms with Crippen molar-refractivity contribution >= 4 is 28.3 Å². The minimum atomic E-state index is -3.61. The normalized spacial score (nSPS) is 12.4. The molecular formula is C16H28ClN3O3S. The molecule has 138 valence electrons. The van der Waals surface area contributed by atoms with E-state index >= 15 is 0 Å². The Kier molecular flexibility index (Phi) is 9.50. The molecule has 0 aliphatic heterocycles. The fourth-order valence-electron chi connectivity index (χ4n) is 2.42. The van der Waals surface area contributed by atoms with E-state index in [0.717, 1.165) is 5.56 Å². The number of benzene rings is 1. The second-order valence-electron chi connectivity index (χ2n) is 5.87. The van der Waals surface area contributed by atoms with E-state index in [9.17, 15) is 13.2 Å². The summed E-state index contributed by atoms with van der Waals surface area (Å²) in [5.74, 6) is -0.174. The van der Waals surface area contributed by atoms with Gasteiger partial charge in [-0.05, 0) is 45.9 Å². The van der Waals surface area contributed by atoms with Gasteiger partial charge in [-0.25, -0.2) is 13.1 Å². The fourth-order valence-corrected chi connectivity index (χ4v) is 3.90. The van der Waals surface area contributed by atoms with E-state index in [-0.39, 0.29) is 37.3 Å². The van der Waals surface area contributed by atoms with E-state index < -0.39 is 10.0 Å². The van der Waals surface area contributed by atoms with Crippen LogP contribution in [0.3, 0.4) is 0 Å². The first kappa shape index (κ1) is 22.9. The van der Waals surface area contributed by atoms with Crippen molar-refractivity contribution in [2.45, 2.75) is 45.1 Å². The molecule has 1 rings (SSSR count). The zero-order valence-corrected chi connectivity index (χ0v) is 16.5. The molecular weight excluding hydrogens is 350 g/mol. The van der Waals surface area contributed by atoms with Crippen LogP contribution in [0.4, 0.5) is 0 Å². The Hall–Kier alpha value is -1.15. The minimum absolute atomic E-state index is 0. The maximum Gasteiger partial charge on any atom is 0.241 e. The Morgan fingerprint density at radius 3 is 2.21 bits per heavy atom. The van der Waals surface area contributed by atoms with Crippen LogP contribution < -0.4 is 15.4 Å². The van der Waals surface area contributed by atoms with E-state index in [2.05, 4.69) is 15.4 Å². The third-order valence-electron chi connectivity index (χ3n) is 3.62. The van der Waals surface area contributed by atoms with Crippen molar-refractivity contribution in [1.82, 2.24) is 15.4 Å². The predicted molar refractivity (Wildman–Crippen MR) is 99.2 cm³/mol. The Balaban J connectivity index is 0.00000529. The second-order valence-corrected chi connectivity index (χ2v) is 7.57. The number of hydrogen-bond acceptors (Lipinski definition) is 4. The summed E-state index contributed by atoms with van der Waals surface area (Å²) in [5, 5.41) is 5.77. The molecule has 0 aliphatic rings. The number of amides is 1. The van der Waals surface area contributed by atoms with Gasteiger partial charge in [0.25, 0.3) is 0 Å². The zero-order chi connectivity index (χ0) is 17.6. The monoisotopic (exact) mass is 377 g/mol. The number of carbonyl (C=O) groups excluding carboxylic acids is 1. The van der Waals surface area contributed by atoms with Gasteiger partial charge in [0.1, 0.15) is 0 Å². The van der Waals surface area contributed by atoms with Gasteiger partial charge >= 0.3 is 0 Å². The molecule has 0 saturated carbocycles. The van der Waals surface area contributed by atoms with Gasteiger partial charge in [0, 0.05) is 25.6 Å². The molecule has 1 atom stereocenters. The maximum atomic E-state index is 12.4. The molecule has 24 heavy (non-hydrogen) atoms. The summed E-state index contributed by atoms with van der Waals surface area (Å²) >= 11 is 0. The van der Waals surface area contributed by atoms with Crippen LogP contribution in [0, 0.1) is 20.8 Å². The molecule has 6 nitrogen and oxygen atoms in total. The summed E-state index contributed by atoms with van der Waals surface area (Å²) in [6.07, 6.45) is 0.111. The summed E-state index contributed by atoms with van der Waals surface area (Å²) in [7, 11) is -1.80. The van der Waals surface area contributed by atoms with Crippen molar-refractivity contribution < 1.29 is 13.2 Å². The van der Waals surface area contributed by atoms with Crippen molar-refractivity contribution in [3.8, 4) is 0 Å². The van der Waals surface area contributed by atoms with Crippen LogP contribution in [0.25, 0.3) is 0 Å². The minimum Gasteiger partial charge on any atom is -0.355 e. The van der Waals surface area contributed by atoms with Crippen molar-refractivity contribution in [1.29, 1.82) is 0 Å². The average Bonchev–Trinajstić information content (AvgIpc) is 2.42. The van der Waals surface area contributed by atoms with Crippen molar-refractivity contribution in [2.24, 2.45) is 0 Å². The molecule has 0 spiro atoms. The van der Waals surface area contributed by atoms with Crippen LogP contribution in [-0.4, -0.2) is 40.5 Å². The molecule has 3 N–H and O–H groups in total. The van der Waals surface area contributed by atoms with Crippen LogP contribution >= 0.6 is 12.4 Å². The summed E-state index contributed by atoms with van der Waals surface area (Å²) in [6, 6.07) is 3.86. The first-order valence-electron chi connectivity index (χ1n) is 7.69. The number of hydrogen-bond donors (Lipinski definition) is 3. The van der Waals surface area contributed by atoms with Crippen LogP contribution in [0.15, 0.2) is 17.0 Å². The van der Waals surface area contributed by atoms with E-state index in [1.165, 1.54) is 0 Å². The lowest BCUT2D eigenvalue weighted by atomic mass is 10.1. The van der Waals surface area contributed by atoms with E-state index in [0.29, 0.717) is 22.6 Å². The topological polar surface area (TPSA) is 87.3 Å². The van der Waals surface area contributed by atoms with E-state index in [1.807, 2.05) is 33.0 Å². The van der Waals surface area contributed by atoms with Gasteiger partial charge in [-0.2, -0.15) is 0 Å². The molecule has 0 saturated heterocycles. The van der Waals surface area contributed by atoms with Gasteiger partial charge in [0.05, 0.1) is 4.90 Å². The highest BCUT2D eigenvalue weighted by atomic mass is 35.5. The van der Waals surface area contributed by atoms with Gasteiger partial charge in [0.2, 0.25) is 15.9 Å². The van der Waals surface area contributed by atoms with Gasteiger partial charge in [-0.1, -0.05) is 17.7 Å². The van der Waals surface area contributed by atoms with Gasteiger partial charge in [-0.3, -0.25) is 4.79 Å². The summed E-state index contributed by atoms with van der Waals surface area (Å²) in [4.78, 5) is 12.0. The third kappa shape index (κ3) is 6.76. The van der Waals surface area contributed by atoms with Gasteiger partial charge in [0.15, 0.2) is 0 Å². The molecule has 0 fully saturated rings. The first-order chi connectivity index (χ1) is 10.7. The van der Waals surface area contributed by atoms with Crippen LogP contribution in [-0.2, 0) is 14.8 Å². The Bertz CT molecular complexity index is 640. The number of sulfonamides is 1. The standard InChI is InChI=1S/C16H27N3O3S.ClH/c1-11-8-12(2)16(13(3)9-11)23(21,22)19-7-6-15(20)18-10-14(4)17-5;/h8-9,14,17,19H,6-7,10H2,1-5H3,(H,18,20);1H. The number of nitrogens with one attached hydrogen (secondary N) is 3. The lowest BCUT2D eigenvalue weighted by Crippen LogP contribution is -2.38. The molecule has 0 aromatic heterocycles. The van der Waals surface area contributed by atoms with Crippen molar-refractivity contribution in [3.05, 3.63) is 28.8 Å². The maximum absolute atomic E-state index is 12.4. The van der Waals surface area contributed by atoms with Crippen molar-refractivity contribution in [3.63, 3.8) is 0 Å². The number of likely N-dealkylation sites (N-methyl/N-ethyl adjacent to an activating group) is 1. The lowest BCUT2D eigenvalue weighted by molar-refractivity contribution is -0.121. The average molecular weight is 378 g/mol. The van der Waals surface area contributed by atoms with Gasteiger partial charge in [-0.15, -0.1) is 12.4 Å². The highest BCUT2D eigenvalue weighted by Gasteiger charge is 2.19. The molecule has 0 bridgehead atoms. The fraction of sp³-hybridized carbons (Fsp3) is 0.562. The summed E-state index contributed by atoms with van der Waals surface area (Å²) in [5.41, 5.74) is 2.45. The molecule has 1 aromatic carbocycles. The molecule has 1 unspecified atom stereocenters. The molecule has 8 heteroatoms. The van der Waals surface area contributed by atoms with E-state index in [1.54, 1.807) is 13.8 Å². The number of carbonyl (C=O) groups is 1. The number of aryl methyl sites for hydroxylation is 3. The Morgan fingerprint density at radius 1 is 1.17 bits per heavy atom. The summed E-state index contributed by atoms with van der Waals surface area (Å²) in [6.45, 7) is 8.03.